The quantitative estimate of drug-likeness (QED) is 0.802. The molecule has 1 saturated heterocycles. The summed E-state index contributed by atoms with van der Waals surface area (Å²) in [5.74, 6) is -1.31. The molecule has 1 aromatic rings. The second-order valence-corrected chi connectivity index (χ2v) is 6.83. The van der Waals surface area contributed by atoms with Gasteiger partial charge >= 0.3 is 5.97 Å². The normalized spacial score (nSPS) is 22.6. The van der Waals surface area contributed by atoms with Crippen LogP contribution in [-0.4, -0.2) is 71.6 Å². The van der Waals surface area contributed by atoms with E-state index in [1.165, 1.54) is 4.31 Å². The number of rotatable bonds is 3. The van der Waals surface area contributed by atoms with Gasteiger partial charge in [0.05, 0.1) is 6.20 Å². The van der Waals surface area contributed by atoms with E-state index in [1.807, 2.05) is 14.0 Å². The van der Waals surface area contributed by atoms with Gasteiger partial charge in [-0.05, 0) is 26.9 Å². The minimum atomic E-state index is -3.88. The van der Waals surface area contributed by atoms with Gasteiger partial charge < -0.3 is 10.0 Å². The SMILES string of the molecule is CC1CN(C)CCCN1S(=O)(=O)c1[nH]ncc1C(=O)O. The lowest BCUT2D eigenvalue weighted by molar-refractivity contribution is 0.0692. The summed E-state index contributed by atoms with van der Waals surface area (Å²) in [6.07, 6.45) is 1.72. The van der Waals surface area contributed by atoms with E-state index >= 15 is 0 Å². The highest BCUT2D eigenvalue weighted by molar-refractivity contribution is 7.89. The number of nitrogens with one attached hydrogen (secondary N) is 1. The molecule has 0 aromatic carbocycles. The number of likely N-dealkylation sites (N-methyl/N-ethyl adjacent to an activating group) is 1. The Balaban J connectivity index is 2.38. The molecule has 1 aliphatic rings. The summed E-state index contributed by atoms with van der Waals surface area (Å²) in [7, 11) is -1.95. The molecule has 0 aliphatic carbocycles. The van der Waals surface area contributed by atoms with Gasteiger partial charge in [-0.15, -0.1) is 0 Å². The summed E-state index contributed by atoms with van der Waals surface area (Å²) in [4.78, 5) is 13.1. The molecule has 2 N–H and O–H groups in total. The van der Waals surface area contributed by atoms with Crippen molar-refractivity contribution in [3.63, 3.8) is 0 Å². The zero-order valence-corrected chi connectivity index (χ0v) is 12.2. The molecule has 112 valence electrons. The third-order valence-corrected chi connectivity index (χ3v) is 5.37. The monoisotopic (exact) mass is 302 g/mol. The summed E-state index contributed by atoms with van der Waals surface area (Å²) in [6.45, 7) is 3.60. The maximum atomic E-state index is 12.6. The molecule has 1 unspecified atom stereocenters. The van der Waals surface area contributed by atoms with E-state index in [4.69, 9.17) is 5.11 Å². The summed E-state index contributed by atoms with van der Waals surface area (Å²) in [6, 6.07) is -0.225. The molecule has 2 rings (SSSR count). The van der Waals surface area contributed by atoms with E-state index in [2.05, 4.69) is 15.1 Å². The van der Waals surface area contributed by atoms with Crippen molar-refractivity contribution in [1.29, 1.82) is 0 Å². The molecule has 20 heavy (non-hydrogen) atoms. The maximum Gasteiger partial charge on any atom is 0.340 e. The highest BCUT2D eigenvalue weighted by atomic mass is 32.2. The largest absolute Gasteiger partial charge is 0.478 e. The van der Waals surface area contributed by atoms with Crippen LogP contribution in [0.4, 0.5) is 0 Å². The molecule has 1 atom stereocenters. The van der Waals surface area contributed by atoms with E-state index < -0.39 is 16.0 Å². The number of hydrogen-bond donors (Lipinski definition) is 2. The zero-order chi connectivity index (χ0) is 14.9. The van der Waals surface area contributed by atoms with E-state index in [0.717, 1.165) is 12.7 Å². The second kappa shape index (κ2) is 5.51. The fourth-order valence-electron chi connectivity index (χ4n) is 2.45. The van der Waals surface area contributed by atoms with Crippen LogP contribution in [0, 0.1) is 0 Å². The van der Waals surface area contributed by atoms with Crippen molar-refractivity contribution in [1.82, 2.24) is 19.4 Å². The molecule has 0 bridgehead atoms. The Bertz CT molecular complexity index is 597. The Kier molecular flexibility index (Phi) is 4.11. The number of aromatic carboxylic acids is 1. The predicted molar refractivity (Wildman–Crippen MR) is 71.0 cm³/mol. The summed E-state index contributed by atoms with van der Waals surface area (Å²) in [5.41, 5.74) is -0.324. The highest BCUT2D eigenvalue weighted by Crippen LogP contribution is 2.22. The molecule has 0 spiro atoms. The number of aromatic nitrogens is 2. The van der Waals surface area contributed by atoms with Crippen LogP contribution in [0.2, 0.25) is 0 Å². The Morgan fingerprint density at radius 1 is 1.50 bits per heavy atom. The van der Waals surface area contributed by atoms with E-state index in [0.29, 0.717) is 19.5 Å². The fraction of sp³-hybridized carbons (Fsp3) is 0.636. The molecule has 0 amide bonds. The minimum Gasteiger partial charge on any atom is -0.478 e. The van der Waals surface area contributed by atoms with E-state index in [9.17, 15) is 13.2 Å². The first-order chi connectivity index (χ1) is 9.34. The highest BCUT2D eigenvalue weighted by Gasteiger charge is 2.35. The minimum absolute atomic E-state index is 0.225. The predicted octanol–water partition coefficient (Wildman–Crippen LogP) is -0.177. The number of carboxylic acid groups (broad SMARTS) is 1. The first-order valence-corrected chi connectivity index (χ1v) is 7.75. The van der Waals surface area contributed by atoms with Crippen molar-refractivity contribution in [3.05, 3.63) is 11.8 Å². The van der Waals surface area contributed by atoms with Gasteiger partial charge in [-0.25, -0.2) is 13.2 Å². The average molecular weight is 302 g/mol. The summed E-state index contributed by atoms with van der Waals surface area (Å²) in [5, 5.41) is 14.5. The molecule has 0 saturated carbocycles. The molecule has 9 heteroatoms. The van der Waals surface area contributed by atoms with Gasteiger partial charge in [0.2, 0.25) is 0 Å². The standard InChI is InChI=1S/C11H18N4O4S/c1-8-7-14(2)4-3-5-15(8)20(18,19)10-9(11(16)17)6-12-13-10/h6,8H,3-5,7H2,1-2H3,(H,12,13)(H,16,17). The molecule has 2 heterocycles. The van der Waals surface area contributed by atoms with Crippen LogP contribution in [-0.2, 0) is 10.0 Å². The molecule has 8 nitrogen and oxygen atoms in total. The summed E-state index contributed by atoms with van der Waals surface area (Å²) >= 11 is 0. The van der Waals surface area contributed by atoms with Crippen LogP contribution < -0.4 is 0 Å². The number of aromatic amines is 1. The van der Waals surface area contributed by atoms with Crippen molar-refractivity contribution in [3.8, 4) is 0 Å². The lowest BCUT2D eigenvalue weighted by Gasteiger charge is -2.26. The van der Waals surface area contributed by atoms with Crippen LogP contribution in [0.15, 0.2) is 11.2 Å². The molecule has 1 aromatic heterocycles. The lowest BCUT2D eigenvalue weighted by atomic mass is 10.3. The molecular weight excluding hydrogens is 284 g/mol. The van der Waals surface area contributed by atoms with Crippen molar-refractivity contribution < 1.29 is 18.3 Å². The number of nitrogens with zero attached hydrogens (tertiary/aromatic N) is 3. The Hall–Kier alpha value is -1.45. The van der Waals surface area contributed by atoms with Gasteiger partial charge in [0.1, 0.15) is 5.56 Å². The number of H-pyrrole nitrogens is 1. The average Bonchev–Trinajstić information content (AvgIpc) is 2.77. The van der Waals surface area contributed by atoms with Crippen LogP contribution >= 0.6 is 0 Å². The first kappa shape index (κ1) is 14.9. The smallest absolute Gasteiger partial charge is 0.340 e. The Morgan fingerprint density at radius 3 is 2.85 bits per heavy atom. The van der Waals surface area contributed by atoms with Crippen molar-refractivity contribution >= 4 is 16.0 Å². The third-order valence-electron chi connectivity index (χ3n) is 3.39. The Morgan fingerprint density at radius 2 is 2.20 bits per heavy atom. The number of hydrogen-bond acceptors (Lipinski definition) is 5. The van der Waals surface area contributed by atoms with Crippen molar-refractivity contribution in [2.24, 2.45) is 0 Å². The van der Waals surface area contributed by atoms with E-state index in [-0.39, 0.29) is 16.6 Å². The third kappa shape index (κ3) is 2.69. The zero-order valence-electron chi connectivity index (χ0n) is 11.4. The van der Waals surface area contributed by atoms with Crippen LogP contribution in [0.5, 0.6) is 0 Å². The van der Waals surface area contributed by atoms with Gasteiger partial charge in [-0.1, -0.05) is 0 Å². The van der Waals surface area contributed by atoms with Gasteiger partial charge in [-0.3, -0.25) is 5.10 Å². The van der Waals surface area contributed by atoms with Crippen LogP contribution in [0.25, 0.3) is 0 Å². The Labute approximate surface area is 117 Å². The molecule has 0 radical (unpaired) electrons. The lowest BCUT2D eigenvalue weighted by Crippen LogP contribution is -2.42. The number of carboxylic acids is 1. The molecular formula is C11H18N4O4S. The molecule has 1 fully saturated rings. The van der Waals surface area contributed by atoms with E-state index in [1.54, 1.807) is 0 Å². The maximum absolute atomic E-state index is 12.6. The van der Waals surface area contributed by atoms with Gasteiger partial charge in [-0.2, -0.15) is 9.40 Å². The van der Waals surface area contributed by atoms with Gasteiger partial charge in [0, 0.05) is 19.1 Å². The number of carbonyl (C=O) groups is 1. The first-order valence-electron chi connectivity index (χ1n) is 6.31. The van der Waals surface area contributed by atoms with Crippen LogP contribution in [0.1, 0.15) is 23.7 Å². The van der Waals surface area contributed by atoms with Gasteiger partial charge in [0.25, 0.3) is 10.0 Å². The fourth-order valence-corrected chi connectivity index (χ4v) is 4.18. The second-order valence-electron chi connectivity index (χ2n) is 5.00. The van der Waals surface area contributed by atoms with Crippen LogP contribution in [0.3, 0.4) is 0 Å². The van der Waals surface area contributed by atoms with Crippen molar-refractivity contribution in [2.45, 2.75) is 24.4 Å². The summed E-state index contributed by atoms with van der Waals surface area (Å²) < 4.78 is 26.6. The van der Waals surface area contributed by atoms with Crippen molar-refractivity contribution in [2.75, 3.05) is 26.7 Å². The number of sulfonamides is 1. The van der Waals surface area contributed by atoms with Gasteiger partial charge in [0.15, 0.2) is 5.03 Å². The topological polar surface area (TPSA) is 107 Å². The molecule has 1 aliphatic heterocycles.